The van der Waals surface area contributed by atoms with E-state index in [0.29, 0.717) is 44.0 Å². The van der Waals surface area contributed by atoms with Crippen molar-refractivity contribution in [1.82, 2.24) is 15.5 Å². The van der Waals surface area contributed by atoms with Gasteiger partial charge in [0, 0.05) is 41.4 Å². The summed E-state index contributed by atoms with van der Waals surface area (Å²) in [6.45, 7) is 1.65. The molecule has 34 heavy (non-hydrogen) atoms. The molecule has 1 aliphatic carbocycles. The van der Waals surface area contributed by atoms with Crippen LogP contribution in [0, 0.1) is 0 Å². The summed E-state index contributed by atoms with van der Waals surface area (Å²) in [5, 5.41) is 7.92. The van der Waals surface area contributed by atoms with Gasteiger partial charge in [-0.1, -0.05) is 31.4 Å². The van der Waals surface area contributed by atoms with E-state index in [9.17, 15) is 14.4 Å². The summed E-state index contributed by atoms with van der Waals surface area (Å²) in [6.07, 6.45) is 7.99. The SMILES string of the molecule is O=C1CCCC(N2Cc3c(csc3COc3ccc(CNC4CCCCC4)cc3)C2=O)C(=O)N1. The zero-order valence-corrected chi connectivity index (χ0v) is 20.1. The maximum Gasteiger partial charge on any atom is 0.256 e. The fourth-order valence-corrected chi connectivity index (χ4v) is 6.08. The number of ether oxygens (including phenoxy) is 1. The molecular weight excluding hydrogens is 450 g/mol. The number of nitrogens with zero attached hydrogens (tertiary/aromatic N) is 1. The van der Waals surface area contributed by atoms with Crippen molar-refractivity contribution >= 4 is 29.1 Å². The van der Waals surface area contributed by atoms with E-state index >= 15 is 0 Å². The zero-order chi connectivity index (χ0) is 23.5. The third-order valence-electron chi connectivity index (χ3n) is 7.12. The van der Waals surface area contributed by atoms with Crippen LogP contribution in [0.25, 0.3) is 0 Å². The van der Waals surface area contributed by atoms with Gasteiger partial charge in [-0.2, -0.15) is 0 Å². The maximum absolute atomic E-state index is 13.0. The van der Waals surface area contributed by atoms with Gasteiger partial charge in [0.05, 0.1) is 5.56 Å². The lowest BCUT2D eigenvalue weighted by Gasteiger charge is -2.25. The molecule has 1 saturated carbocycles. The molecule has 1 atom stereocenters. The zero-order valence-electron chi connectivity index (χ0n) is 19.3. The number of hydrogen-bond acceptors (Lipinski definition) is 6. The number of rotatable bonds is 7. The molecule has 0 radical (unpaired) electrons. The van der Waals surface area contributed by atoms with Gasteiger partial charge in [0.15, 0.2) is 0 Å². The molecular formula is C26H31N3O4S. The van der Waals surface area contributed by atoms with Gasteiger partial charge >= 0.3 is 0 Å². The van der Waals surface area contributed by atoms with E-state index < -0.39 is 6.04 Å². The second-order valence-electron chi connectivity index (χ2n) is 9.45. The first-order chi connectivity index (χ1) is 16.6. The molecule has 0 bridgehead atoms. The third-order valence-corrected chi connectivity index (χ3v) is 8.12. The molecule has 2 fully saturated rings. The standard InChI is InChI=1S/C26H31N3O4S/c30-24-8-4-7-22(25(31)28-24)29-14-20-21(26(29)32)16-34-23(20)15-33-19-11-9-17(10-12-19)13-27-18-5-2-1-3-6-18/h9-12,16,18,22,27H,1-8,13-15H2,(H,28,30,31). The van der Waals surface area contributed by atoms with E-state index in [-0.39, 0.29) is 17.7 Å². The average Bonchev–Trinajstić information content (AvgIpc) is 3.34. The van der Waals surface area contributed by atoms with Crippen molar-refractivity contribution in [3.63, 3.8) is 0 Å². The van der Waals surface area contributed by atoms with Crippen molar-refractivity contribution in [3.05, 3.63) is 51.2 Å². The Morgan fingerprint density at radius 2 is 1.82 bits per heavy atom. The summed E-state index contributed by atoms with van der Waals surface area (Å²) >= 11 is 1.52. The van der Waals surface area contributed by atoms with Crippen molar-refractivity contribution in [2.75, 3.05) is 0 Å². The minimum Gasteiger partial charge on any atom is -0.488 e. The van der Waals surface area contributed by atoms with Crippen LogP contribution in [0.1, 0.15) is 77.7 Å². The Bertz CT molecular complexity index is 1060. The normalized spacial score (nSPS) is 21.4. The van der Waals surface area contributed by atoms with Crippen LogP contribution in [0.5, 0.6) is 5.75 Å². The largest absolute Gasteiger partial charge is 0.488 e. The molecule has 3 amide bonds. The molecule has 8 heteroatoms. The predicted molar refractivity (Wildman–Crippen MR) is 129 cm³/mol. The Hall–Kier alpha value is -2.71. The minimum absolute atomic E-state index is 0.137. The summed E-state index contributed by atoms with van der Waals surface area (Å²) in [7, 11) is 0. The van der Waals surface area contributed by atoms with Gasteiger partial charge in [-0.25, -0.2) is 0 Å². The van der Waals surface area contributed by atoms with E-state index in [1.807, 2.05) is 17.5 Å². The van der Waals surface area contributed by atoms with E-state index in [4.69, 9.17) is 4.74 Å². The van der Waals surface area contributed by atoms with Crippen molar-refractivity contribution in [2.45, 2.75) is 83.1 Å². The molecule has 1 aromatic heterocycles. The maximum atomic E-state index is 13.0. The fourth-order valence-electron chi connectivity index (χ4n) is 5.13. The van der Waals surface area contributed by atoms with Gasteiger partial charge in [0.2, 0.25) is 11.8 Å². The highest BCUT2D eigenvalue weighted by molar-refractivity contribution is 7.10. The molecule has 5 rings (SSSR count). The van der Waals surface area contributed by atoms with Crippen LogP contribution in [-0.2, 0) is 29.3 Å². The van der Waals surface area contributed by atoms with Crippen molar-refractivity contribution in [1.29, 1.82) is 0 Å². The number of imide groups is 1. The number of carbonyl (C=O) groups is 3. The van der Waals surface area contributed by atoms with E-state index in [1.165, 1.54) is 49.0 Å². The number of nitrogens with one attached hydrogen (secondary N) is 2. The molecule has 3 aliphatic rings. The summed E-state index contributed by atoms with van der Waals surface area (Å²) in [4.78, 5) is 39.6. The number of benzene rings is 1. The summed E-state index contributed by atoms with van der Waals surface area (Å²) in [5.41, 5.74) is 2.83. The molecule has 2 aromatic rings. The van der Waals surface area contributed by atoms with Gasteiger partial charge in [0.25, 0.3) is 5.91 Å². The number of thiophene rings is 1. The Balaban J connectivity index is 1.17. The lowest BCUT2D eigenvalue weighted by molar-refractivity contribution is -0.132. The highest BCUT2D eigenvalue weighted by Gasteiger charge is 2.39. The first kappa shape index (κ1) is 23.1. The second kappa shape index (κ2) is 10.3. The Morgan fingerprint density at radius 3 is 2.62 bits per heavy atom. The number of amides is 3. The molecule has 2 aliphatic heterocycles. The molecule has 1 unspecified atom stereocenters. The average molecular weight is 482 g/mol. The lowest BCUT2D eigenvalue weighted by Crippen LogP contribution is -2.47. The van der Waals surface area contributed by atoms with Gasteiger partial charge < -0.3 is 15.0 Å². The van der Waals surface area contributed by atoms with Crippen molar-refractivity contribution in [2.24, 2.45) is 0 Å². The van der Waals surface area contributed by atoms with Gasteiger partial charge in [-0.3, -0.25) is 19.7 Å². The van der Waals surface area contributed by atoms with Crippen LogP contribution in [-0.4, -0.2) is 34.7 Å². The fraction of sp³-hybridized carbons (Fsp3) is 0.500. The molecule has 2 N–H and O–H groups in total. The Kier molecular flexibility index (Phi) is 6.97. The topological polar surface area (TPSA) is 87.7 Å². The molecule has 0 spiro atoms. The smallest absolute Gasteiger partial charge is 0.256 e. The quantitative estimate of drug-likeness (QED) is 0.586. The van der Waals surface area contributed by atoms with E-state index in [1.54, 1.807) is 4.90 Å². The van der Waals surface area contributed by atoms with Crippen LogP contribution in [0.4, 0.5) is 0 Å². The Labute approximate surface area is 203 Å². The molecule has 3 heterocycles. The molecule has 1 aromatic carbocycles. The second-order valence-corrected chi connectivity index (χ2v) is 10.4. The predicted octanol–water partition coefficient (Wildman–Crippen LogP) is 3.90. The van der Waals surface area contributed by atoms with Crippen LogP contribution in [0.15, 0.2) is 29.6 Å². The monoisotopic (exact) mass is 481 g/mol. The van der Waals surface area contributed by atoms with E-state index in [0.717, 1.165) is 22.7 Å². The van der Waals surface area contributed by atoms with E-state index in [2.05, 4.69) is 22.8 Å². The van der Waals surface area contributed by atoms with Gasteiger partial charge in [0.1, 0.15) is 18.4 Å². The van der Waals surface area contributed by atoms with Crippen LogP contribution in [0.3, 0.4) is 0 Å². The van der Waals surface area contributed by atoms with Crippen molar-refractivity contribution < 1.29 is 19.1 Å². The lowest BCUT2D eigenvalue weighted by atomic mass is 9.95. The first-order valence-electron chi connectivity index (χ1n) is 12.3. The first-order valence-corrected chi connectivity index (χ1v) is 13.2. The van der Waals surface area contributed by atoms with Crippen LogP contribution in [0.2, 0.25) is 0 Å². The third kappa shape index (κ3) is 5.03. The van der Waals surface area contributed by atoms with Crippen molar-refractivity contribution in [3.8, 4) is 5.75 Å². The van der Waals surface area contributed by atoms with Crippen LogP contribution >= 0.6 is 11.3 Å². The van der Waals surface area contributed by atoms with Gasteiger partial charge in [-0.15, -0.1) is 11.3 Å². The summed E-state index contributed by atoms with van der Waals surface area (Å²) in [5.74, 6) is 0.0203. The highest BCUT2D eigenvalue weighted by Crippen LogP contribution is 2.34. The highest BCUT2D eigenvalue weighted by atomic mass is 32.1. The molecule has 7 nitrogen and oxygen atoms in total. The summed E-state index contributed by atoms with van der Waals surface area (Å²) < 4.78 is 6.03. The molecule has 1 saturated heterocycles. The number of hydrogen-bond donors (Lipinski definition) is 2. The minimum atomic E-state index is -0.597. The Morgan fingerprint density at radius 1 is 1.03 bits per heavy atom. The summed E-state index contributed by atoms with van der Waals surface area (Å²) in [6, 6.07) is 8.23. The number of fused-ring (bicyclic) bond motifs is 1. The molecule has 180 valence electrons. The van der Waals surface area contributed by atoms with Gasteiger partial charge in [-0.05, 0) is 43.4 Å². The number of carbonyl (C=O) groups excluding carboxylic acids is 3. The van der Waals surface area contributed by atoms with Crippen LogP contribution < -0.4 is 15.4 Å².